The molecule has 0 bridgehead atoms. The van der Waals surface area contributed by atoms with Crippen molar-refractivity contribution in [2.75, 3.05) is 13.1 Å². The van der Waals surface area contributed by atoms with Gasteiger partial charge in [-0.2, -0.15) is 0 Å². The van der Waals surface area contributed by atoms with E-state index in [1.54, 1.807) is 0 Å². The Labute approximate surface area is 149 Å². The van der Waals surface area contributed by atoms with Crippen LogP contribution >= 0.6 is 0 Å². The number of nitrogens with two attached hydrogens (primary N) is 1. The van der Waals surface area contributed by atoms with E-state index in [9.17, 15) is 14.4 Å². The minimum absolute atomic E-state index is 0.158. The van der Waals surface area contributed by atoms with Crippen LogP contribution in [0.4, 0.5) is 0 Å². The average Bonchev–Trinajstić information content (AvgIpc) is 2.74. The molecule has 0 unspecified atom stereocenters. The van der Waals surface area contributed by atoms with Crippen LogP contribution in [0.15, 0.2) is 0 Å². The first kappa shape index (κ1) is 23.1. The van der Waals surface area contributed by atoms with Crippen molar-refractivity contribution < 1.29 is 34.8 Å². The van der Waals surface area contributed by atoms with Gasteiger partial charge in [-0.1, -0.05) is 12.8 Å². The first-order chi connectivity index (χ1) is 12.0. The zero-order valence-corrected chi connectivity index (χ0v) is 14.2. The molecule has 1 rings (SSSR count). The van der Waals surface area contributed by atoms with Crippen molar-refractivity contribution in [2.24, 2.45) is 5.73 Å². The molecular formula is C14H25N5O7. The summed E-state index contributed by atoms with van der Waals surface area (Å²) in [6, 6.07) is 0. The highest BCUT2D eigenvalue weighted by Crippen LogP contribution is 2.15. The second-order valence-electron chi connectivity index (χ2n) is 5.77. The van der Waals surface area contributed by atoms with Crippen molar-refractivity contribution in [3.63, 3.8) is 0 Å². The van der Waals surface area contributed by atoms with E-state index in [-0.39, 0.29) is 11.9 Å². The predicted molar refractivity (Wildman–Crippen MR) is 89.9 cm³/mol. The van der Waals surface area contributed by atoms with Crippen LogP contribution in [0.2, 0.25) is 0 Å². The summed E-state index contributed by atoms with van der Waals surface area (Å²) in [6.07, 6.45) is 2.45. The Hall–Kier alpha value is -2.89. The van der Waals surface area contributed by atoms with Gasteiger partial charge >= 0.3 is 17.9 Å². The highest BCUT2D eigenvalue weighted by molar-refractivity contribution is 5.94. The summed E-state index contributed by atoms with van der Waals surface area (Å²) in [4.78, 5) is 32.4. The first-order valence-corrected chi connectivity index (χ1v) is 7.82. The van der Waals surface area contributed by atoms with Gasteiger partial charge in [0.2, 0.25) is 0 Å². The molecule has 0 aromatic heterocycles. The lowest BCUT2D eigenvalue weighted by atomic mass is 9.96. The van der Waals surface area contributed by atoms with Gasteiger partial charge in [0, 0.05) is 13.1 Å². The lowest BCUT2D eigenvalue weighted by Gasteiger charge is -2.22. The van der Waals surface area contributed by atoms with E-state index < -0.39 is 36.4 Å². The Kier molecular flexibility index (Phi) is 9.66. The smallest absolute Gasteiger partial charge is 0.336 e. The number of carboxylic acid groups (broad SMARTS) is 3. The largest absolute Gasteiger partial charge is 0.481 e. The molecule has 1 aliphatic rings. The molecule has 0 radical (unpaired) electrons. The summed E-state index contributed by atoms with van der Waals surface area (Å²) < 4.78 is 0. The van der Waals surface area contributed by atoms with Crippen molar-refractivity contribution in [3.05, 3.63) is 0 Å². The average molecular weight is 375 g/mol. The maximum absolute atomic E-state index is 10.3. The fourth-order valence-electron chi connectivity index (χ4n) is 2.21. The van der Waals surface area contributed by atoms with Crippen molar-refractivity contribution in [1.29, 1.82) is 10.8 Å². The number of nitrogens with one attached hydrogen (secondary N) is 3. The van der Waals surface area contributed by atoms with Gasteiger partial charge < -0.3 is 31.1 Å². The molecule has 12 nitrogen and oxygen atoms in total. The van der Waals surface area contributed by atoms with Crippen molar-refractivity contribution in [1.82, 2.24) is 10.2 Å². The van der Waals surface area contributed by atoms with Gasteiger partial charge in [-0.05, 0) is 12.8 Å². The zero-order valence-electron chi connectivity index (χ0n) is 14.2. The highest BCUT2D eigenvalue weighted by atomic mass is 16.4. The van der Waals surface area contributed by atoms with Gasteiger partial charge in [0.05, 0.1) is 12.8 Å². The van der Waals surface area contributed by atoms with Gasteiger partial charge in [-0.25, -0.2) is 4.79 Å². The lowest BCUT2D eigenvalue weighted by Crippen LogP contribution is -2.46. The third-order valence-corrected chi connectivity index (χ3v) is 3.46. The number of likely N-dealkylation sites (tertiary alicyclic amines) is 1. The van der Waals surface area contributed by atoms with Gasteiger partial charge in [0.25, 0.3) is 0 Å². The molecule has 1 saturated heterocycles. The van der Waals surface area contributed by atoms with E-state index in [0.717, 1.165) is 25.9 Å². The molecule has 148 valence electrons. The van der Waals surface area contributed by atoms with Gasteiger partial charge in [-0.3, -0.25) is 25.7 Å². The predicted octanol–water partition coefficient (Wildman–Crippen LogP) is -0.968. The molecule has 0 aromatic rings. The lowest BCUT2D eigenvalue weighted by molar-refractivity contribution is -0.170. The number of aliphatic hydroxyl groups is 1. The van der Waals surface area contributed by atoms with E-state index in [1.807, 2.05) is 4.90 Å². The molecule has 0 aromatic carbocycles. The van der Waals surface area contributed by atoms with Gasteiger partial charge in [0.1, 0.15) is 0 Å². The third kappa shape index (κ3) is 9.42. The number of rotatable bonds is 5. The second-order valence-corrected chi connectivity index (χ2v) is 5.77. The van der Waals surface area contributed by atoms with Crippen molar-refractivity contribution in [3.8, 4) is 0 Å². The quantitative estimate of drug-likeness (QED) is 0.217. The number of carboxylic acids is 3. The summed E-state index contributed by atoms with van der Waals surface area (Å²) in [6.45, 7) is 1.80. The molecule has 12 heteroatoms. The molecule has 1 heterocycles. The highest BCUT2D eigenvalue weighted by Gasteiger charge is 2.40. The van der Waals surface area contributed by atoms with Crippen LogP contribution in [0.25, 0.3) is 0 Å². The van der Waals surface area contributed by atoms with E-state index >= 15 is 0 Å². The summed E-state index contributed by atoms with van der Waals surface area (Å²) in [5.41, 5.74) is 2.41. The summed E-state index contributed by atoms with van der Waals surface area (Å²) >= 11 is 0. The monoisotopic (exact) mass is 375 g/mol. The van der Waals surface area contributed by atoms with E-state index in [0.29, 0.717) is 0 Å². The number of hydrogen-bond donors (Lipinski definition) is 8. The normalized spacial score (nSPS) is 14.3. The topological polar surface area (TPSA) is 221 Å². The standard InChI is InChI=1S/C8H17N5.C6H8O7/c9-7(10)12-8(11)13-5-3-1-2-4-6-13;7-3(8)1-6(13,5(11)12)2-4(9)10/h1-6H2,(H5,9,10,11,12);13H,1-2H2,(H,7,8)(H,9,10)(H,11,12). The van der Waals surface area contributed by atoms with Crippen LogP contribution in [-0.4, -0.2) is 73.8 Å². The molecule has 9 N–H and O–H groups in total. The van der Waals surface area contributed by atoms with Gasteiger partial charge in [0.15, 0.2) is 17.5 Å². The summed E-state index contributed by atoms with van der Waals surface area (Å²) in [5, 5.41) is 50.9. The fourth-order valence-corrected chi connectivity index (χ4v) is 2.21. The summed E-state index contributed by atoms with van der Waals surface area (Å²) in [7, 11) is 0. The minimum Gasteiger partial charge on any atom is -0.481 e. The first-order valence-electron chi connectivity index (χ1n) is 7.82. The molecular weight excluding hydrogens is 350 g/mol. The maximum Gasteiger partial charge on any atom is 0.336 e. The fraction of sp³-hybridized carbons (Fsp3) is 0.643. The molecule has 1 aliphatic heterocycles. The van der Waals surface area contributed by atoms with Crippen LogP contribution in [0, 0.1) is 10.8 Å². The SMILES string of the molecule is N=C(N)NC(=N)N1CCCCCC1.O=C(O)CC(O)(CC(=O)O)C(=O)O. The van der Waals surface area contributed by atoms with Crippen molar-refractivity contribution in [2.45, 2.75) is 44.1 Å². The number of aliphatic carboxylic acids is 3. The van der Waals surface area contributed by atoms with Crippen molar-refractivity contribution >= 4 is 29.8 Å². The van der Waals surface area contributed by atoms with Gasteiger partial charge in [-0.15, -0.1) is 0 Å². The molecule has 0 saturated carbocycles. The van der Waals surface area contributed by atoms with Crippen LogP contribution in [0.5, 0.6) is 0 Å². The Balaban J connectivity index is 0.000000481. The van der Waals surface area contributed by atoms with Crippen LogP contribution in [-0.2, 0) is 14.4 Å². The molecule has 0 atom stereocenters. The van der Waals surface area contributed by atoms with Crippen LogP contribution < -0.4 is 11.1 Å². The maximum atomic E-state index is 10.3. The Morgan fingerprint density at radius 2 is 1.38 bits per heavy atom. The van der Waals surface area contributed by atoms with E-state index in [4.69, 9.17) is 37.0 Å². The molecule has 0 amide bonds. The van der Waals surface area contributed by atoms with E-state index in [1.165, 1.54) is 12.8 Å². The molecule has 0 spiro atoms. The molecule has 26 heavy (non-hydrogen) atoms. The van der Waals surface area contributed by atoms with Crippen LogP contribution in [0.1, 0.15) is 38.5 Å². The minimum atomic E-state index is -2.74. The summed E-state index contributed by atoms with van der Waals surface area (Å²) in [5.74, 6) is -4.92. The Morgan fingerprint density at radius 3 is 1.69 bits per heavy atom. The van der Waals surface area contributed by atoms with Crippen LogP contribution in [0.3, 0.4) is 0 Å². The second kappa shape index (κ2) is 10.9. The molecule has 1 fully saturated rings. The molecule has 0 aliphatic carbocycles. The third-order valence-electron chi connectivity index (χ3n) is 3.46. The van der Waals surface area contributed by atoms with E-state index in [2.05, 4.69) is 5.32 Å². The zero-order chi connectivity index (χ0) is 20.3. The number of nitrogens with zero attached hydrogens (tertiary/aromatic N) is 1. The Bertz CT molecular complexity index is 528. The number of carbonyl (C=O) groups is 3. The Morgan fingerprint density at radius 1 is 0.962 bits per heavy atom. The number of guanidine groups is 2. The number of hydrogen-bond acceptors (Lipinski definition) is 6.